The quantitative estimate of drug-likeness (QED) is 0.469. The average molecular weight is 362 g/mol. The molecule has 0 aliphatic carbocycles. The third-order valence-corrected chi connectivity index (χ3v) is 4.77. The normalized spacial score (nSPS) is 11.2. The first kappa shape index (κ1) is 17.8. The lowest BCUT2D eigenvalue weighted by atomic mass is 10.2. The van der Waals surface area contributed by atoms with E-state index in [0.29, 0.717) is 13.0 Å². The molecule has 0 aliphatic rings. The standard InChI is InChI=1S/C14H24BrN3OS/c15-14-5-4-13(20-14)12(19)6-11-18(10-3-8-17)9-2-1-7-16/h4-5H,1-3,6-11,16-17H2. The van der Waals surface area contributed by atoms with Gasteiger partial charge in [-0.1, -0.05) is 0 Å². The predicted molar refractivity (Wildman–Crippen MR) is 89.4 cm³/mol. The number of Topliss-reactive ketones (excluding diaryl/α,β-unsaturated/α-hetero) is 1. The second kappa shape index (κ2) is 10.5. The molecule has 0 amide bonds. The zero-order valence-corrected chi connectivity index (χ0v) is 14.2. The van der Waals surface area contributed by atoms with Gasteiger partial charge in [-0.05, 0) is 73.5 Å². The first-order chi connectivity index (χ1) is 9.67. The summed E-state index contributed by atoms with van der Waals surface area (Å²) in [4.78, 5) is 15.2. The van der Waals surface area contributed by atoms with Crippen LogP contribution >= 0.6 is 27.3 Å². The van der Waals surface area contributed by atoms with E-state index in [-0.39, 0.29) is 5.78 Å². The third kappa shape index (κ3) is 6.95. The molecule has 0 aromatic carbocycles. The molecule has 1 heterocycles. The molecule has 0 unspecified atom stereocenters. The van der Waals surface area contributed by atoms with Crippen LogP contribution in [0.15, 0.2) is 15.9 Å². The summed E-state index contributed by atoms with van der Waals surface area (Å²) in [6.45, 7) is 4.19. The molecule has 20 heavy (non-hydrogen) atoms. The molecule has 1 aromatic heterocycles. The molecule has 4 nitrogen and oxygen atoms in total. The van der Waals surface area contributed by atoms with Crippen LogP contribution in [0.1, 0.15) is 35.4 Å². The van der Waals surface area contributed by atoms with Gasteiger partial charge in [0.25, 0.3) is 0 Å². The third-order valence-electron chi connectivity index (χ3n) is 3.11. The second-order valence-electron chi connectivity index (χ2n) is 4.76. The van der Waals surface area contributed by atoms with Gasteiger partial charge in [0, 0.05) is 13.0 Å². The van der Waals surface area contributed by atoms with E-state index in [2.05, 4.69) is 20.8 Å². The zero-order valence-electron chi connectivity index (χ0n) is 11.8. The number of hydrogen-bond acceptors (Lipinski definition) is 5. The van der Waals surface area contributed by atoms with Crippen molar-refractivity contribution in [2.24, 2.45) is 11.5 Å². The van der Waals surface area contributed by atoms with Crippen molar-refractivity contribution in [2.75, 3.05) is 32.7 Å². The first-order valence-corrected chi connectivity index (χ1v) is 8.69. The number of rotatable bonds is 11. The van der Waals surface area contributed by atoms with Gasteiger partial charge in [-0.15, -0.1) is 11.3 Å². The largest absolute Gasteiger partial charge is 0.330 e. The molecule has 0 spiro atoms. The van der Waals surface area contributed by atoms with Crippen LogP contribution in [0.4, 0.5) is 0 Å². The summed E-state index contributed by atoms with van der Waals surface area (Å²) in [5.74, 6) is 0.220. The minimum absolute atomic E-state index is 0.220. The monoisotopic (exact) mass is 361 g/mol. The van der Waals surface area contributed by atoms with Gasteiger partial charge in [-0.25, -0.2) is 0 Å². The van der Waals surface area contributed by atoms with Crippen LogP contribution in [0, 0.1) is 0 Å². The molecule has 4 N–H and O–H groups in total. The predicted octanol–water partition coefficient (Wildman–Crippen LogP) is 2.47. The van der Waals surface area contributed by atoms with Crippen LogP contribution in [-0.4, -0.2) is 43.4 Å². The fraction of sp³-hybridized carbons (Fsp3) is 0.643. The Morgan fingerprint density at radius 3 is 2.40 bits per heavy atom. The molecule has 114 valence electrons. The van der Waals surface area contributed by atoms with Gasteiger partial charge in [0.1, 0.15) is 0 Å². The Bertz CT molecular complexity index is 398. The van der Waals surface area contributed by atoms with E-state index >= 15 is 0 Å². The van der Waals surface area contributed by atoms with Gasteiger partial charge in [0.2, 0.25) is 0 Å². The number of carbonyl (C=O) groups excluding carboxylic acids is 1. The smallest absolute Gasteiger partial charge is 0.174 e. The van der Waals surface area contributed by atoms with Crippen molar-refractivity contribution >= 4 is 33.0 Å². The highest BCUT2D eigenvalue weighted by Crippen LogP contribution is 2.23. The van der Waals surface area contributed by atoms with Crippen LogP contribution in [0.3, 0.4) is 0 Å². The van der Waals surface area contributed by atoms with Crippen LogP contribution in [0.25, 0.3) is 0 Å². The highest BCUT2D eigenvalue weighted by atomic mass is 79.9. The molecule has 6 heteroatoms. The molecule has 0 saturated heterocycles. The lowest BCUT2D eigenvalue weighted by Crippen LogP contribution is -2.30. The van der Waals surface area contributed by atoms with Crippen molar-refractivity contribution in [3.05, 3.63) is 20.8 Å². The maximum atomic E-state index is 12.1. The Labute approximate surface area is 133 Å². The Kier molecular flexibility index (Phi) is 9.30. The number of unbranched alkanes of at least 4 members (excludes halogenated alkanes) is 1. The van der Waals surface area contributed by atoms with Gasteiger partial charge in [0.15, 0.2) is 5.78 Å². The van der Waals surface area contributed by atoms with Crippen molar-refractivity contribution in [1.29, 1.82) is 0 Å². The van der Waals surface area contributed by atoms with Crippen molar-refractivity contribution in [3.63, 3.8) is 0 Å². The van der Waals surface area contributed by atoms with Gasteiger partial charge in [0.05, 0.1) is 8.66 Å². The number of carbonyl (C=O) groups is 1. The van der Waals surface area contributed by atoms with Crippen LogP contribution < -0.4 is 11.5 Å². The number of ketones is 1. The van der Waals surface area contributed by atoms with E-state index in [1.165, 1.54) is 11.3 Å². The Hall–Kier alpha value is -0.270. The summed E-state index contributed by atoms with van der Waals surface area (Å²) >= 11 is 4.89. The van der Waals surface area contributed by atoms with Gasteiger partial charge < -0.3 is 16.4 Å². The highest BCUT2D eigenvalue weighted by Gasteiger charge is 2.11. The van der Waals surface area contributed by atoms with Crippen molar-refractivity contribution < 1.29 is 4.79 Å². The Morgan fingerprint density at radius 2 is 1.80 bits per heavy atom. The number of hydrogen-bond donors (Lipinski definition) is 2. The van der Waals surface area contributed by atoms with Gasteiger partial charge >= 0.3 is 0 Å². The highest BCUT2D eigenvalue weighted by molar-refractivity contribution is 9.11. The van der Waals surface area contributed by atoms with E-state index in [0.717, 1.165) is 54.1 Å². The summed E-state index contributed by atoms with van der Waals surface area (Å²) in [7, 11) is 0. The molecule has 0 saturated carbocycles. The molecule has 0 atom stereocenters. The molecular formula is C14H24BrN3OS. The minimum atomic E-state index is 0.220. The van der Waals surface area contributed by atoms with Crippen molar-refractivity contribution in [1.82, 2.24) is 4.90 Å². The average Bonchev–Trinajstić information content (AvgIpc) is 2.87. The number of nitrogens with zero attached hydrogens (tertiary/aromatic N) is 1. The number of halogens is 1. The molecule has 0 aliphatic heterocycles. The molecule has 0 bridgehead atoms. The fourth-order valence-electron chi connectivity index (χ4n) is 1.98. The van der Waals surface area contributed by atoms with Gasteiger partial charge in [-0.2, -0.15) is 0 Å². The maximum absolute atomic E-state index is 12.1. The van der Waals surface area contributed by atoms with Crippen LogP contribution in [0.2, 0.25) is 0 Å². The number of thiophene rings is 1. The topological polar surface area (TPSA) is 72.3 Å². The summed E-state index contributed by atoms with van der Waals surface area (Å²) in [5.41, 5.74) is 11.1. The lowest BCUT2D eigenvalue weighted by molar-refractivity contribution is 0.0967. The van der Waals surface area contributed by atoms with E-state index in [1.54, 1.807) is 0 Å². The fourth-order valence-corrected chi connectivity index (χ4v) is 3.33. The van der Waals surface area contributed by atoms with E-state index in [4.69, 9.17) is 11.5 Å². The van der Waals surface area contributed by atoms with Crippen molar-refractivity contribution in [2.45, 2.75) is 25.7 Å². The summed E-state index contributed by atoms with van der Waals surface area (Å²) in [6.07, 6.45) is 3.66. The SMILES string of the molecule is NCCCCN(CCCN)CCC(=O)c1ccc(Br)s1. The van der Waals surface area contributed by atoms with E-state index < -0.39 is 0 Å². The summed E-state index contributed by atoms with van der Waals surface area (Å²) in [6, 6.07) is 3.81. The Morgan fingerprint density at radius 1 is 1.10 bits per heavy atom. The van der Waals surface area contributed by atoms with Gasteiger partial charge in [-0.3, -0.25) is 4.79 Å². The molecule has 1 rings (SSSR count). The minimum Gasteiger partial charge on any atom is -0.330 e. The first-order valence-electron chi connectivity index (χ1n) is 7.08. The van der Waals surface area contributed by atoms with Crippen LogP contribution in [0.5, 0.6) is 0 Å². The molecule has 0 radical (unpaired) electrons. The summed E-state index contributed by atoms with van der Waals surface area (Å²) in [5, 5.41) is 0. The molecule has 1 aromatic rings. The van der Waals surface area contributed by atoms with E-state index in [9.17, 15) is 4.79 Å². The Balaban J connectivity index is 2.37. The molecule has 0 fully saturated rings. The maximum Gasteiger partial charge on any atom is 0.174 e. The lowest BCUT2D eigenvalue weighted by Gasteiger charge is -2.21. The molecular weight excluding hydrogens is 338 g/mol. The zero-order chi connectivity index (χ0) is 14.8. The number of nitrogens with two attached hydrogens (primary N) is 2. The summed E-state index contributed by atoms with van der Waals surface area (Å²) < 4.78 is 1.00. The second-order valence-corrected chi connectivity index (χ2v) is 7.22. The van der Waals surface area contributed by atoms with Crippen molar-refractivity contribution in [3.8, 4) is 0 Å². The van der Waals surface area contributed by atoms with E-state index in [1.807, 2.05) is 12.1 Å². The van der Waals surface area contributed by atoms with Crippen LogP contribution in [-0.2, 0) is 0 Å².